The Bertz CT molecular complexity index is 1250. The smallest absolute Gasteiger partial charge is 0.255 e. The lowest BCUT2D eigenvalue weighted by atomic mass is 9.58. The molecule has 3 aliphatic carbocycles. The SMILES string of the molecule is CN(C)[C@@H]1C(O)=C(C(N)=O)C(=O)[C@@]2(O)C(O)=C3C(=O)c4c(ccc(N5CCOCC5)c4O)C[C@H]3C[C@@H]12. The van der Waals surface area contributed by atoms with E-state index >= 15 is 0 Å². The predicted molar refractivity (Wildman–Crippen MR) is 127 cm³/mol. The lowest BCUT2D eigenvalue weighted by Gasteiger charge is -2.50. The summed E-state index contributed by atoms with van der Waals surface area (Å²) < 4.78 is 5.36. The summed E-state index contributed by atoms with van der Waals surface area (Å²) in [5, 5.41) is 44.8. The van der Waals surface area contributed by atoms with Gasteiger partial charge in [-0.25, -0.2) is 0 Å². The minimum absolute atomic E-state index is 0.0137. The molecule has 0 bridgehead atoms. The number of amides is 1. The number of phenols is 1. The number of phenolic OH excluding ortho intramolecular Hbond substituents is 1. The Morgan fingerprint density at radius 2 is 1.83 bits per heavy atom. The summed E-state index contributed by atoms with van der Waals surface area (Å²) in [5.41, 5.74) is 2.79. The molecule has 1 heterocycles. The molecule has 1 amide bonds. The van der Waals surface area contributed by atoms with Crippen molar-refractivity contribution in [2.45, 2.75) is 24.5 Å². The number of allylic oxidation sites excluding steroid dienone is 1. The number of hydrogen-bond acceptors (Lipinski definition) is 10. The number of likely N-dealkylation sites (N-methyl/N-ethyl adjacent to an activating group) is 1. The number of carbonyl (C=O) groups is 3. The second-order valence-corrected chi connectivity index (χ2v) is 10.0. The number of anilines is 1. The van der Waals surface area contributed by atoms with Crippen LogP contribution in [-0.4, -0.2) is 94.8 Å². The zero-order valence-electron chi connectivity index (χ0n) is 20.0. The standard InChI is InChI=1S/C25H29N3O8/c1-27(2)18-13-10-12-9-11-3-4-14(28-5-7-36-8-6-28)19(29)15(11)20(30)16(12)22(32)25(13,35)23(33)17(21(18)31)24(26)34/h3-4,12-13,18,29,31-32,35H,5-10H2,1-2H3,(H2,26,34)/t12-,13-,18-,25-/m0/s1. The quantitative estimate of drug-likeness (QED) is 0.355. The number of nitrogens with two attached hydrogens (primary N) is 1. The van der Waals surface area contributed by atoms with E-state index in [1.165, 1.54) is 4.90 Å². The summed E-state index contributed by atoms with van der Waals surface area (Å²) in [6.07, 6.45) is 0.337. The van der Waals surface area contributed by atoms with Crippen molar-refractivity contribution in [3.05, 3.63) is 45.9 Å². The number of rotatable bonds is 3. The van der Waals surface area contributed by atoms with Crippen LogP contribution in [0.15, 0.2) is 34.8 Å². The fraction of sp³-hybridized carbons (Fsp3) is 0.480. The second-order valence-electron chi connectivity index (χ2n) is 10.0. The van der Waals surface area contributed by atoms with Gasteiger partial charge >= 0.3 is 0 Å². The molecule has 1 fully saturated rings. The Morgan fingerprint density at radius 1 is 1.17 bits per heavy atom. The van der Waals surface area contributed by atoms with Crippen molar-refractivity contribution in [2.24, 2.45) is 17.6 Å². The molecule has 11 heteroatoms. The molecule has 0 spiro atoms. The maximum atomic E-state index is 13.7. The number of aliphatic hydroxyl groups excluding tert-OH is 2. The topological polar surface area (TPSA) is 174 Å². The van der Waals surface area contributed by atoms with E-state index in [1.54, 1.807) is 26.2 Å². The third-order valence-electron chi connectivity index (χ3n) is 7.93. The average molecular weight is 500 g/mol. The lowest BCUT2D eigenvalue weighted by molar-refractivity contribution is -0.148. The highest BCUT2D eigenvalue weighted by Gasteiger charge is 2.63. The molecule has 5 rings (SSSR count). The molecule has 1 aliphatic heterocycles. The molecule has 0 aromatic heterocycles. The number of aromatic hydroxyl groups is 1. The lowest BCUT2D eigenvalue weighted by Crippen LogP contribution is -2.63. The molecule has 1 aromatic carbocycles. The third-order valence-corrected chi connectivity index (χ3v) is 7.93. The van der Waals surface area contributed by atoms with Crippen LogP contribution in [0.4, 0.5) is 5.69 Å². The number of fused-ring (bicyclic) bond motifs is 3. The molecule has 192 valence electrons. The molecule has 0 saturated carbocycles. The number of primary amides is 1. The maximum Gasteiger partial charge on any atom is 0.255 e. The Hall–Kier alpha value is -3.41. The normalized spacial score (nSPS) is 30.3. The first kappa shape index (κ1) is 24.3. The van der Waals surface area contributed by atoms with Crippen molar-refractivity contribution >= 4 is 23.2 Å². The van der Waals surface area contributed by atoms with E-state index in [-0.39, 0.29) is 29.7 Å². The van der Waals surface area contributed by atoms with E-state index < -0.39 is 58.0 Å². The van der Waals surface area contributed by atoms with Gasteiger partial charge in [0, 0.05) is 24.6 Å². The van der Waals surface area contributed by atoms with E-state index in [9.17, 15) is 34.8 Å². The van der Waals surface area contributed by atoms with Crippen molar-refractivity contribution in [3.63, 3.8) is 0 Å². The molecule has 0 unspecified atom stereocenters. The number of hydrogen-bond donors (Lipinski definition) is 5. The highest BCUT2D eigenvalue weighted by Crippen LogP contribution is 2.52. The van der Waals surface area contributed by atoms with Gasteiger partial charge in [-0.15, -0.1) is 0 Å². The van der Waals surface area contributed by atoms with Gasteiger partial charge in [0.25, 0.3) is 5.91 Å². The molecule has 0 radical (unpaired) electrons. The summed E-state index contributed by atoms with van der Waals surface area (Å²) >= 11 is 0. The molecule has 6 N–H and O–H groups in total. The number of ketones is 2. The summed E-state index contributed by atoms with van der Waals surface area (Å²) in [6, 6.07) is 2.51. The number of ether oxygens (including phenoxy) is 1. The van der Waals surface area contributed by atoms with E-state index in [0.717, 1.165) is 0 Å². The van der Waals surface area contributed by atoms with E-state index in [4.69, 9.17) is 10.5 Å². The molecular weight excluding hydrogens is 470 g/mol. The van der Waals surface area contributed by atoms with E-state index in [2.05, 4.69) is 0 Å². The Kier molecular flexibility index (Phi) is 5.62. The fourth-order valence-electron chi connectivity index (χ4n) is 6.27. The van der Waals surface area contributed by atoms with Gasteiger partial charge in [0.2, 0.25) is 5.78 Å². The van der Waals surface area contributed by atoms with Crippen molar-refractivity contribution in [2.75, 3.05) is 45.3 Å². The van der Waals surface area contributed by atoms with Crippen LogP contribution in [0.1, 0.15) is 22.3 Å². The van der Waals surface area contributed by atoms with Crippen LogP contribution < -0.4 is 10.6 Å². The third kappa shape index (κ3) is 3.19. The molecule has 11 nitrogen and oxygen atoms in total. The second kappa shape index (κ2) is 8.32. The largest absolute Gasteiger partial charge is 0.510 e. The summed E-state index contributed by atoms with van der Waals surface area (Å²) in [6.45, 7) is 2.02. The first-order valence-electron chi connectivity index (χ1n) is 11.8. The Balaban J connectivity index is 1.66. The minimum Gasteiger partial charge on any atom is -0.510 e. The van der Waals surface area contributed by atoms with Crippen LogP contribution in [0.3, 0.4) is 0 Å². The highest BCUT2D eigenvalue weighted by atomic mass is 16.5. The van der Waals surface area contributed by atoms with Gasteiger partial charge in [-0.2, -0.15) is 0 Å². The summed E-state index contributed by atoms with van der Waals surface area (Å²) in [5.74, 6) is -6.48. The van der Waals surface area contributed by atoms with Crippen molar-refractivity contribution in [1.29, 1.82) is 0 Å². The number of benzene rings is 1. The first-order chi connectivity index (χ1) is 17.0. The van der Waals surface area contributed by atoms with Gasteiger partial charge in [-0.1, -0.05) is 6.07 Å². The van der Waals surface area contributed by atoms with Crippen LogP contribution in [0.5, 0.6) is 5.75 Å². The maximum absolute atomic E-state index is 13.7. The first-order valence-corrected chi connectivity index (χ1v) is 11.8. The summed E-state index contributed by atoms with van der Waals surface area (Å²) in [7, 11) is 3.19. The van der Waals surface area contributed by atoms with Crippen LogP contribution in [0.25, 0.3) is 0 Å². The van der Waals surface area contributed by atoms with Gasteiger partial charge in [-0.05, 0) is 44.5 Å². The zero-order chi connectivity index (χ0) is 26.1. The molecule has 1 saturated heterocycles. The Morgan fingerprint density at radius 3 is 2.44 bits per heavy atom. The summed E-state index contributed by atoms with van der Waals surface area (Å²) in [4.78, 5) is 42.5. The molecular formula is C25H29N3O8. The zero-order valence-corrected chi connectivity index (χ0v) is 20.0. The van der Waals surface area contributed by atoms with Crippen LogP contribution in [0.2, 0.25) is 0 Å². The van der Waals surface area contributed by atoms with Crippen molar-refractivity contribution in [1.82, 2.24) is 4.90 Å². The van der Waals surface area contributed by atoms with E-state index in [0.29, 0.717) is 37.6 Å². The minimum atomic E-state index is -2.64. The van der Waals surface area contributed by atoms with Crippen LogP contribution in [-0.2, 0) is 20.7 Å². The van der Waals surface area contributed by atoms with Crippen LogP contribution >= 0.6 is 0 Å². The number of Topliss-reactive ketones (excluding diaryl/α,β-unsaturated/α-hetero) is 2. The van der Waals surface area contributed by atoms with Crippen molar-refractivity contribution in [3.8, 4) is 5.75 Å². The van der Waals surface area contributed by atoms with Crippen LogP contribution in [0, 0.1) is 11.8 Å². The molecule has 1 aromatic rings. The van der Waals surface area contributed by atoms with Gasteiger partial charge in [0.1, 0.15) is 22.8 Å². The predicted octanol–water partition coefficient (Wildman–Crippen LogP) is -0.0428. The molecule has 4 atom stereocenters. The Labute approximate surface area is 207 Å². The van der Waals surface area contributed by atoms with Gasteiger partial charge < -0.3 is 35.8 Å². The number of aliphatic hydroxyl groups is 3. The highest BCUT2D eigenvalue weighted by molar-refractivity contribution is 6.24. The number of carbonyl (C=O) groups excluding carboxylic acids is 3. The fourth-order valence-corrected chi connectivity index (χ4v) is 6.27. The number of nitrogens with zero attached hydrogens (tertiary/aromatic N) is 2. The van der Waals surface area contributed by atoms with Gasteiger partial charge in [0.15, 0.2) is 11.4 Å². The van der Waals surface area contributed by atoms with Crippen molar-refractivity contribution < 1.29 is 39.5 Å². The molecule has 36 heavy (non-hydrogen) atoms. The monoisotopic (exact) mass is 499 g/mol. The van der Waals surface area contributed by atoms with E-state index in [1.807, 2.05) is 4.90 Å². The van der Waals surface area contributed by atoms with Gasteiger partial charge in [-0.3, -0.25) is 19.3 Å². The number of morpholine rings is 1. The molecule has 4 aliphatic rings. The van der Waals surface area contributed by atoms with Gasteiger partial charge in [0.05, 0.1) is 30.5 Å². The average Bonchev–Trinajstić information content (AvgIpc) is 2.81.